The third kappa shape index (κ3) is 5.35. The van der Waals surface area contributed by atoms with Gasteiger partial charge in [0.25, 0.3) is 0 Å². The van der Waals surface area contributed by atoms with Crippen LogP contribution in [-0.2, 0) is 5.41 Å². The topological polar surface area (TPSA) is 18.5 Å². The molecule has 0 saturated carbocycles. The first kappa shape index (κ1) is 18.2. The summed E-state index contributed by atoms with van der Waals surface area (Å²) < 4.78 is 12.7. The first-order valence-electron chi connectivity index (χ1n) is 7.14. The van der Waals surface area contributed by atoms with Gasteiger partial charge in [-0.15, -0.1) is 0 Å². The molecule has 0 aromatic carbocycles. The van der Waals surface area contributed by atoms with Crippen molar-refractivity contribution in [1.82, 2.24) is 0 Å². The third-order valence-corrected chi connectivity index (χ3v) is 20.9. The van der Waals surface area contributed by atoms with Gasteiger partial charge in [-0.3, -0.25) is 0 Å². The van der Waals surface area contributed by atoms with E-state index in [0.717, 1.165) is 0 Å². The van der Waals surface area contributed by atoms with Gasteiger partial charge in [0.2, 0.25) is 0 Å². The van der Waals surface area contributed by atoms with Crippen molar-refractivity contribution >= 4 is 39.1 Å². The molecular weight excluding hydrogens is 354 g/mol. The van der Waals surface area contributed by atoms with Crippen molar-refractivity contribution in [3.8, 4) is 0 Å². The van der Waals surface area contributed by atoms with Gasteiger partial charge in [-0.1, -0.05) is 0 Å². The van der Waals surface area contributed by atoms with Crippen LogP contribution < -0.4 is 0 Å². The molecule has 0 bridgehead atoms. The van der Waals surface area contributed by atoms with Crippen molar-refractivity contribution < 1.29 is 5.41 Å². The van der Waals surface area contributed by atoms with E-state index in [1.807, 2.05) is 0 Å². The van der Waals surface area contributed by atoms with Gasteiger partial charge in [-0.25, -0.2) is 0 Å². The van der Waals surface area contributed by atoms with E-state index in [1.54, 1.807) is 0 Å². The average Bonchev–Trinajstić information content (AvgIpc) is 2.41. The Morgan fingerprint density at radius 3 is 1.00 bits per heavy atom. The SMILES string of the molecule is CC[Si](CC)(CC)[O][Sb][O][Si](CC)(CC)CC. The van der Waals surface area contributed by atoms with Gasteiger partial charge in [-0.2, -0.15) is 0 Å². The van der Waals surface area contributed by atoms with Crippen LogP contribution in [0.5, 0.6) is 0 Å². The van der Waals surface area contributed by atoms with Crippen LogP contribution in [0.25, 0.3) is 0 Å². The third-order valence-electron chi connectivity index (χ3n) is 4.33. The zero-order valence-electron chi connectivity index (χ0n) is 12.5. The Balaban J connectivity index is 4.28. The molecule has 17 heavy (non-hydrogen) atoms. The van der Waals surface area contributed by atoms with Crippen LogP contribution in [0, 0.1) is 0 Å². The number of hydrogen-bond acceptors (Lipinski definition) is 2. The predicted molar refractivity (Wildman–Crippen MR) is 82.3 cm³/mol. The fourth-order valence-corrected chi connectivity index (χ4v) is 16.6. The van der Waals surface area contributed by atoms with Gasteiger partial charge in [0.05, 0.1) is 0 Å². The Hall–Kier alpha value is 1.17. The second kappa shape index (κ2) is 9.14. The molecule has 1 radical (unpaired) electrons. The molecule has 0 saturated heterocycles. The molecule has 0 aromatic rings. The molecule has 0 atom stereocenters. The van der Waals surface area contributed by atoms with Crippen LogP contribution in [0.3, 0.4) is 0 Å². The average molecular weight is 384 g/mol. The summed E-state index contributed by atoms with van der Waals surface area (Å²) >= 11 is -0.843. The van der Waals surface area contributed by atoms with Crippen LogP contribution in [0.1, 0.15) is 41.5 Å². The summed E-state index contributed by atoms with van der Waals surface area (Å²) in [4.78, 5) is 0. The minimum absolute atomic E-state index is 0.843. The molecule has 0 heterocycles. The summed E-state index contributed by atoms with van der Waals surface area (Å²) in [6, 6.07) is 7.49. The van der Waals surface area contributed by atoms with E-state index in [9.17, 15) is 0 Å². The standard InChI is InChI=1S/2C6H15OSi.Sb/c2*1-4-8(7,5-2)6-3;/h2*4-6H2,1-3H3;/q2*-1;+2. The Bertz CT molecular complexity index is 158. The molecule has 0 aromatic heterocycles. The normalized spacial score (nSPS) is 13.1. The van der Waals surface area contributed by atoms with E-state index in [0.29, 0.717) is 0 Å². The van der Waals surface area contributed by atoms with E-state index in [1.165, 1.54) is 36.3 Å². The van der Waals surface area contributed by atoms with Crippen molar-refractivity contribution in [2.45, 2.75) is 77.8 Å². The Morgan fingerprint density at radius 2 is 0.824 bits per heavy atom. The summed E-state index contributed by atoms with van der Waals surface area (Å²) in [6.45, 7) is 13.7. The summed E-state index contributed by atoms with van der Waals surface area (Å²) in [5.41, 5.74) is 0. The molecule has 0 N–H and O–H groups in total. The van der Waals surface area contributed by atoms with Crippen molar-refractivity contribution in [2.75, 3.05) is 0 Å². The Kier molecular flexibility index (Phi) is 9.77. The van der Waals surface area contributed by atoms with Gasteiger partial charge < -0.3 is 0 Å². The molecule has 0 aliphatic carbocycles. The molecule has 0 unspecified atom stereocenters. The van der Waals surface area contributed by atoms with Gasteiger partial charge >= 0.3 is 122 Å². The van der Waals surface area contributed by atoms with Gasteiger partial charge in [0.1, 0.15) is 0 Å². The van der Waals surface area contributed by atoms with Crippen molar-refractivity contribution in [3.63, 3.8) is 0 Å². The summed E-state index contributed by atoms with van der Waals surface area (Å²) in [5.74, 6) is 0. The van der Waals surface area contributed by atoms with Crippen LogP contribution >= 0.6 is 0 Å². The maximum absolute atomic E-state index is 6.34. The molecule has 0 aliphatic heterocycles. The van der Waals surface area contributed by atoms with Crippen molar-refractivity contribution in [2.24, 2.45) is 0 Å². The van der Waals surface area contributed by atoms with Gasteiger partial charge in [0, 0.05) is 0 Å². The van der Waals surface area contributed by atoms with Crippen molar-refractivity contribution in [3.05, 3.63) is 0 Å². The summed E-state index contributed by atoms with van der Waals surface area (Å²) in [6.07, 6.45) is 0. The van der Waals surface area contributed by atoms with Crippen LogP contribution in [0.4, 0.5) is 0 Å². The molecule has 103 valence electrons. The molecule has 5 heteroatoms. The van der Waals surface area contributed by atoms with E-state index in [2.05, 4.69) is 41.5 Å². The second-order valence-corrected chi connectivity index (χ2v) is 17.6. The monoisotopic (exact) mass is 383 g/mol. The minimum atomic E-state index is -1.39. The fourth-order valence-electron chi connectivity index (χ4n) is 2.06. The van der Waals surface area contributed by atoms with E-state index < -0.39 is 39.1 Å². The Labute approximate surface area is 122 Å². The molecular formula is C12H30O2SbSi2. The van der Waals surface area contributed by atoms with Crippen LogP contribution in [0.15, 0.2) is 0 Å². The number of rotatable bonds is 10. The Morgan fingerprint density at radius 1 is 0.588 bits per heavy atom. The zero-order chi connectivity index (χ0) is 13.4. The summed E-state index contributed by atoms with van der Waals surface area (Å²) in [7, 11) is -2.78. The quantitative estimate of drug-likeness (QED) is 0.514. The van der Waals surface area contributed by atoms with E-state index >= 15 is 0 Å². The fraction of sp³-hybridized carbons (Fsp3) is 1.00. The van der Waals surface area contributed by atoms with E-state index in [-0.39, 0.29) is 0 Å². The molecule has 0 amide bonds. The molecule has 2 nitrogen and oxygen atoms in total. The van der Waals surface area contributed by atoms with Gasteiger partial charge in [0.15, 0.2) is 0 Å². The summed E-state index contributed by atoms with van der Waals surface area (Å²) in [5, 5.41) is 0. The first-order valence-corrected chi connectivity index (χ1v) is 14.3. The van der Waals surface area contributed by atoms with Crippen molar-refractivity contribution in [1.29, 1.82) is 0 Å². The molecule has 0 fully saturated rings. The number of hydrogen-bond donors (Lipinski definition) is 0. The molecule has 0 aliphatic rings. The zero-order valence-corrected chi connectivity index (χ0v) is 17.1. The van der Waals surface area contributed by atoms with Gasteiger partial charge in [-0.05, 0) is 0 Å². The second-order valence-electron chi connectivity index (χ2n) is 4.74. The van der Waals surface area contributed by atoms with Crippen LogP contribution in [-0.4, -0.2) is 39.1 Å². The predicted octanol–water partition coefficient (Wildman–Crippen LogP) is 4.56. The maximum atomic E-state index is 6.34. The first-order chi connectivity index (χ1) is 8.07. The molecule has 0 spiro atoms. The molecule has 0 rings (SSSR count). The van der Waals surface area contributed by atoms with E-state index in [4.69, 9.17) is 5.41 Å². The van der Waals surface area contributed by atoms with Crippen LogP contribution in [0.2, 0.25) is 36.3 Å².